The average molecular weight is 411 g/mol. The summed E-state index contributed by atoms with van der Waals surface area (Å²) in [7, 11) is 1.80. The number of thioether (sulfide) groups is 1. The highest BCUT2D eigenvalue weighted by Gasteiger charge is 2.23. The molecule has 0 fully saturated rings. The smallest absolute Gasteiger partial charge is 0.235 e. The molecule has 3 aromatic rings. The molecular formula is C22H23FN4OS. The van der Waals surface area contributed by atoms with Crippen molar-refractivity contribution in [3.63, 3.8) is 0 Å². The van der Waals surface area contributed by atoms with Crippen molar-refractivity contribution in [3.8, 4) is 11.4 Å². The Morgan fingerprint density at radius 2 is 1.90 bits per heavy atom. The first-order valence-electron chi connectivity index (χ1n) is 9.25. The number of benzene rings is 2. The fraction of sp³-hybridized carbons (Fsp3) is 0.227. The van der Waals surface area contributed by atoms with E-state index in [9.17, 15) is 9.18 Å². The quantitative estimate of drug-likeness (QED) is 0.408. The van der Waals surface area contributed by atoms with Crippen molar-refractivity contribution in [2.24, 2.45) is 0 Å². The van der Waals surface area contributed by atoms with Crippen LogP contribution in [0.2, 0.25) is 0 Å². The maximum Gasteiger partial charge on any atom is 0.235 e. The van der Waals surface area contributed by atoms with Gasteiger partial charge < -0.3 is 4.90 Å². The standard InChI is InChI=1S/C22H23FN4OS/c1-4-14-27-20(18-10-12-19(23)13-11-18)24-25-22(27)29-16(2)21(28)26(3)15-17-8-6-5-7-9-17/h4-13,16H,1,14-15H2,2-3H3/t16-/m1/s1. The van der Waals surface area contributed by atoms with Gasteiger partial charge in [-0.3, -0.25) is 9.36 Å². The van der Waals surface area contributed by atoms with Gasteiger partial charge in [0.2, 0.25) is 5.91 Å². The molecule has 1 heterocycles. The van der Waals surface area contributed by atoms with Crippen molar-refractivity contribution in [3.05, 3.63) is 78.6 Å². The van der Waals surface area contributed by atoms with E-state index in [2.05, 4.69) is 16.8 Å². The molecule has 150 valence electrons. The van der Waals surface area contributed by atoms with Gasteiger partial charge in [-0.05, 0) is 36.8 Å². The zero-order chi connectivity index (χ0) is 20.8. The number of carbonyl (C=O) groups is 1. The molecule has 0 radical (unpaired) electrons. The van der Waals surface area contributed by atoms with Crippen LogP contribution in [0.4, 0.5) is 4.39 Å². The van der Waals surface area contributed by atoms with Crippen molar-refractivity contribution in [2.75, 3.05) is 7.05 Å². The van der Waals surface area contributed by atoms with E-state index >= 15 is 0 Å². The van der Waals surface area contributed by atoms with Gasteiger partial charge in [-0.2, -0.15) is 0 Å². The van der Waals surface area contributed by atoms with E-state index in [1.54, 1.807) is 30.2 Å². The molecule has 7 heteroatoms. The summed E-state index contributed by atoms with van der Waals surface area (Å²) in [4.78, 5) is 14.5. The van der Waals surface area contributed by atoms with Crippen LogP contribution in [0, 0.1) is 5.82 Å². The van der Waals surface area contributed by atoms with E-state index in [1.807, 2.05) is 41.8 Å². The van der Waals surface area contributed by atoms with E-state index in [0.717, 1.165) is 11.1 Å². The Bertz CT molecular complexity index is 972. The molecule has 1 amide bonds. The van der Waals surface area contributed by atoms with Crippen molar-refractivity contribution in [1.82, 2.24) is 19.7 Å². The van der Waals surface area contributed by atoms with Crippen LogP contribution in [0.15, 0.2) is 72.4 Å². The van der Waals surface area contributed by atoms with Crippen molar-refractivity contribution < 1.29 is 9.18 Å². The minimum absolute atomic E-state index is 0.00957. The van der Waals surface area contributed by atoms with Crippen LogP contribution in [-0.4, -0.2) is 37.9 Å². The molecule has 0 N–H and O–H groups in total. The Hall–Kier alpha value is -2.93. The molecule has 1 aromatic heterocycles. The lowest BCUT2D eigenvalue weighted by Gasteiger charge is -2.21. The number of hydrogen-bond acceptors (Lipinski definition) is 4. The highest BCUT2D eigenvalue weighted by atomic mass is 32.2. The Balaban J connectivity index is 1.75. The molecule has 29 heavy (non-hydrogen) atoms. The van der Waals surface area contributed by atoms with Gasteiger partial charge in [0.1, 0.15) is 5.82 Å². The minimum Gasteiger partial charge on any atom is -0.340 e. The fourth-order valence-corrected chi connectivity index (χ4v) is 3.91. The summed E-state index contributed by atoms with van der Waals surface area (Å²) in [5.41, 5.74) is 1.83. The molecular weight excluding hydrogens is 387 g/mol. The van der Waals surface area contributed by atoms with Gasteiger partial charge in [0.15, 0.2) is 11.0 Å². The number of nitrogens with zero attached hydrogens (tertiary/aromatic N) is 4. The molecule has 1 atom stereocenters. The largest absolute Gasteiger partial charge is 0.340 e. The van der Waals surface area contributed by atoms with Crippen molar-refractivity contribution in [2.45, 2.75) is 30.4 Å². The molecule has 0 bridgehead atoms. The third kappa shape index (κ3) is 5.12. The van der Waals surface area contributed by atoms with Gasteiger partial charge >= 0.3 is 0 Å². The number of halogens is 1. The first-order chi connectivity index (χ1) is 14.0. The summed E-state index contributed by atoms with van der Waals surface area (Å²) < 4.78 is 15.1. The summed E-state index contributed by atoms with van der Waals surface area (Å²) in [5, 5.41) is 8.81. The van der Waals surface area contributed by atoms with E-state index < -0.39 is 0 Å². The topological polar surface area (TPSA) is 51.0 Å². The molecule has 0 aliphatic rings. The van der Waals surface area contributed by atoms with Crippen LogP contribution in [0.1, 0.15) is 12.5 Å². The third-order valence-electron chi connectivity index (χ3n) is 4.40. The summed E-state index contributed by atoms with van der Waals surface area (Å²) >= 11 is 1.35. The van der Waals surface area contributed by atoms with E-state index in [0.29, 0.717) is 24.1 Å². The van der Waals surface area contributed by atoms with Crippen LogP contribution in [0.5, 0.6) is 0 Å². The minimum atomic E-state index is -0.336. The maximum atomic E-state index is 13.2. The lowest BCUT2D eigenvalue weighted by molar-refractivity contribution is -0.129. The third-order valence-corrected chi connectivity index (χ3v) is 5.47. The molecule has 0 saturated carbocycles. The Labute approximate surface area is 174 Å². The van der Waals surface area contributed by atoms with Gasteiger partial charge in [-0.15, -0.1) is 16.8 Å². The van der Waals surface area contributed by atoms with Gasteiger partial charge in [0.25, 0.3) is 0 Å². The molecule has 0 aliphatic heterocycles. The zero-order valence-electron chi connectivity index (χ0n) is 16.5. The maximum absolute atomic E-state index is 13.2. The number of carbonyl (C=O) groups excluding carboxylic acids is 1. The van der Waals surface area contributed by atoms with Crippen molar-refractivity contribution >= 4 is 17.7 Å². The Morgan fingerprint density at radius 1 is 1.21 bits per heavy atom. The SMILES string of the molecule is C=CCn1c(S[C@H](C)C(=O)N(C)Cc2ccccc2)nnc1-c1ccc(F)cc1. The van der Waals surface area contributed by atoms with Crippen LogP contribution in [0.25, 0.3) is 11.4 Å². The van der Waals surface area contributed by atoms with Gasteiger partial charge in [-0.1, -0.05) is 48.2 Å². The highest BCUT2D eigenvalue weighted by molar-refractivity contribution is 8.00. The molecule has 5 nitrogen and oxygen atoms in total. The van der Waals surface area contributed by atoms with Gasteiger partial charge in [0.05, 0.1) is 5.25 Å². The second-order valence-corrected chi connectivity index (χ2v) is 7.96. The molecule has 0 unspecified atom stereocenters. The predicted octanol–water partition coefficient (Wildman–Crippen LogP) is 4.41. The summed E-state index contributed by atoms with van der Waals surface area (Å²) in [6.45, 7) is 6.69. The van der Waals surface area contributed by atoms with E-state index in [4.69, 9.17) is 0 Å². The number of rotatable bonds is 8. The van der Waals surface area contributed by atoms with E-state index in [-0.39, 0.29) is 17.0 Å². The second-order valence-electron chi connectivity index (χ2n) is 6.65. The van der Waals surface area contributed by atoms with Crippen LogP contribution in [-0.2, 0) is 17.9 Å². The lowest BCUT2D eigenvalue weighted by Crippen LogP contribution is -2.33. The molecule has 2 aromatic carbocycles. The Morgan fingerprint density at radius 3 is 2.55 bits per heavy atom. The first-order valence-corrected chi connectivity index (χ1v) is 10.1. The zero-order valence-corrected chi connectivity index (χ0v) is 17.3. The van der Waals surface area contributed by atoms with E-state index in [1.165, 1.54) is 23.9 Å². The Kier molecular flexibility index (Phi) is 6.82. The van der Waals surface area contributed by atoms with Gasteiger partial charge in [-0.25, -0.2) is 4.39 Å². The van der Waals surface area contributed by atoms with Crippen LogP contribution < -0.4 is 0 Å². The number of hydrogen-bond donors (Lipinski definition) is 0. The normalized spacial score (nSPS) is 11.8. The molecule has 0 aliphatic carbocycles. The number of allylic oxidation sites excluding steroid dienone is 1. The number of amides is 1. The summed E-state index contributed by atoms with van der Waals surface area (Å²) in [6.07, 6.45) is 1.74. The van der Waals surface area contributed by atoms with Crippen molar-refractivity contribution in [1.29, 1.82) is 0 Å². The average Bonchev–Trinajstić information content (AvgIpc) is 3.11. The van der Waals surface area contributed by atoms with Crippen LogP contribution >= 0.6 is 11.8 Å². The molecule has 0 saturated heterocycles. The predicted molar refractivity (Wildman–Crippen MR) is 114 cm³/mol. The van der Waals surface area contributed by atoms with Crippen LogP contribution in [0.3, 0.4) is 0 Å². The summed E-state index contributed by atoms with van der Waals surface area (Å²) in [5.74, 6) is 0.318. The highest BCUT2D eigenvalue weighted by Crippen LogP contribution is 2.28. The summed E-state index contributed by atoms with van der Waals surface area (Å²) in [6, 6.07) is 16.0. The van der Waals surface area contributed by atoms with Gasteiger partial charge in [0, 0.05) is 25.7 Å². The monoisotopic (exact) mass is 410 g/mol. The second kappa shape index (κ2) is 9.52. The number of aromatic nitrogens is 3. The fourth-order valence-electron chi connectivity index (χ4n) is 2.94. The molecule has 3 rings (SSSR count). The lowest BCUT2D eigenvalue weighted by atomic mass is 10.2. The first kappa shape index (κ1) is 20.8. The molecule has 0 spiro atoms.